The molecule has 0 aliphatic heterocycles. The Bertz CT molecular complexity index is 571. The molecule has 0 aliphatic rings. The molecule has 0 saturated carbocycles. The fourth-order valence-electron chi connectivity index (χ4n) is 2.64. The first-order valence-corrected chi connectivity index (χ1v) is 9.99. The molecule has 1 aromatic rings. The zero-order valence-corrected chi connectivity index (χ0v) is 16.4. The third kappa shape index (κ3) is 12.6. The lowest BCUT2D eigenvalue weighted by molar-refractivity contribution is -0.126. The largest absolute Gasteiger partial charge is 0.508 e. The van der Waals surface area contributed by atoms with Crippen LogP contribution >= 0.6 is 0 Å². The molecule has 27 heavy (non-hydrogen) atoms. The number of rotatable bonds is 14. The third-order valence-corrected chi connectivity index (χ3v) is 4.25. The van der Waals surface area contributed by atoms with Crippen LogP contribution in [0.5, 0.6) is 5.75 Å². The van der Waals surface area contributed by atoms with Crippen molar-refractivity contribution in [2.75, 3.05) is 6.54 Å². The van der Waals surface area contributed by atoms with Crippen LogP contribution in [0.25, 0.3) is 0 Å². The molecule has 150 valence electrons. The Labute approximate surface area is 162 Å². The standard InChI is InChI=1S/C21H33N3O3/c1-2-3-4-5-6-7-8-9-10-11-20(26)22-17-21(27)24-23-16-18-12-14-19(25)15-13-18/h12-16,25H,2-11,17H2,1H3,(H,22,26)(H,24,27). The Morgan fingerprint density at radius 1 is 0.926 bits per heavy atom. The minimum Gasteiger partial charge on any atom is -0.508 e. The van der Waals surface area contributed by atoms with Gasteiger partial charge in [-0.3, -0.25) is 9.59 Å². The highest BCUT2D eigenvalue weighted by molar-refractivity contribution is 5.86. The molecule has 2 amide bonds. The zero-order valence-electron chi connectivity index (χ0n) is 16.4. The van der Waals surface area contributed by atoms with Crippen LogP contribution in [-0.4, -0.2) is 29.7 Å². The SMILES string of the molecule is CCCCCCCCCCCC(=O)NCC(=O)NN=Cc1ccc(O)cc1. The van der Waals surface area contributed by atoms with Crippen molar-refractivity contribution in [2.24, 2.45) is 5.10 Å². The van der Waals surface area contributed by atoms with E-state index in [1.54, 1.807) is 12.1 Å². The molecule has 1 aromatic carbocycles. The summed E-state index contributed by atoms with van der Waals surface area (Å²) in [5.74, 6) is -0.299. The maximum absolute atomic E-state index is 11.7. The number of phenols is 1. The third-order valence-electron chi connectivity index (χ3n) is 4.25. The molecule has 0 atom stereocenters. The summed E-state index contributed by atoms with van der Waals surface area (Å²) in [6, 6.07) is 6.43. The van der Waals surface area contributed by atoms with Gasteiger partial charge in [-0.15, -0.1) is 0 Å². The van der Waals surface area contributed by atoms with Crippen molar-refractivity contribution >= 4 is 18.0 Å². The Morgan fingerprint density at radius 3 is 2.15 bits per heavy atom. The number of phenolic OH excluding ortho intramolecular Hbond substituents is 1. The normalized spacial score (nSPS) is 10.9. The van der Waals surface area contributed by atoms with Gasteiger partial charge in [0.1, 0.15) is 5.75 Å². The van der Waals surface area contributed by atoms with Crippen LogP contribution in [-0.2, 0) is 9.59 Å². The van der Waals surface area contributed by atoms with Crippen LogP contribution in [0.2, 0.25) is 0 Å². The van der Waals surface area contributed by atoms with E-state index < -0.39 is 0 Å². The number of aromatic hydroxyl groups is 1. The molecule has 0 unspecified atom stereocenters. The number of nitrogens with zero attached hydrogens (tertiary/aromatic N) is 1. The van der Waals surface area contributed by atoms with Gasteiger partial charge in [-0.05, 0) is 36.2 Å². The number of unbranched alkanes of at least 4 members (excludes halogenated alkanes) is 8. The van der Waals surface area contributed by atoms with E-state index in [0.29, 0.717) is 6.42 Å². The maximum Gasteiger partial charge on any atom is 0.259 e. The lowest BCUT2D eigenvalue weighted by Gasteiger charge is -2.04. The van der Waals surface area contributed by atoms with E-state index in [-0.39, 0.29) is 24.1 Å². The number of carbonyl (C=O) groups is 2. The first-order chi connectivity index (χ1) is 13.1. The molecule has 0 saturated heterocycles. The monoisotopic (exact) mass is 375 g/mol. The lowest BCUT2D eigenvalue weighted by Crippen LogP contribution is -2.34. The predicted octanol–water partition coefficient (Wildman–Crippen LogP) is 3.88. The zero-order chi connectivity index (χ0) is 19.7. The van der Waals surface area contributed by atoms with E-state index in [1.165, 1.54) is 63.3 Å². The summed E-state index contributed by atoms with van der Waals surface area (Å²) in [5.41, 5.74) is 3.11. The van der Waals surface area contributed by atoms with Crippen molar-refractivity contribution in [2.45, 2.75) is 71.1 Å². The quantitative estimate of drug-likeness (QED) is 0.262. The van der Waals surface area contributed by atoms with Gasteiger partial charge in [-0.25, -0.2) is 5.43 Å². The highest BCUT2D eigenvalue weighted by atomic mass is 16.3. The van der Waals surface area contributed by atoms with Crippen molar-refractivity contribution < 1.29 is 14.7 Å². The molecule has 0 spiro atoms. The summed E-state index contributed by atoms with van der Waals surface area (Å²) < 4.78 is 0. The number of hydrogen-bond donors (Lipinski definition) is 3. The van der Waals surface area contributed by atoms with E-state index in [0.717, 1.165) is 18.4 Å². The molecular formula is C21H33N3O3. The number of benzene rings is 1. The van der Waals surface area contributed by atoms with Gasteiger partial charge in [0.05, 0.1) is 12.8 Å². The highest BCUT2D eigenvalue weighted by Crippen LogP contribution is 2.10. The highest BCUT2D eigenvalue weighted by Gasteiger charge is 2.04. The molecule has 3 N–H and O–H groups in total. The average molecular weight is 376 g/mol. The van der Waals surface area contributed by atoms with Crippen molar-refractivity contribution in [3.63, 3.8) is 0 Å². The number of carbonyl (C=O) groups excluding carboxylic acids is 2. The minimum atomic E-state index is -0.370. The molecular weight excluding hydrogens is 342 g/mol. The van der Waals surface area contributed by atoms with E-state index in [4.69, 9.17) is 0 Å². The molecule has 6 nitrogen and oxygen atoms in total. The summed E-state index contributed by atoms with van der Waals surface area (Å²) in [6.45, 7) is 2.14. The fourth-order valence-corrected chi connectivity index (χ4v) is 2.64. The van der Waals surface area contributed by atoms with E-state index in [2.05, 4.69) is 22.8 Å². The van der Waals surface area contributed by atoms with Crippen LogP contribution in [0.3, 0.4) is 0 Å². The fraction of sp³-hybridized carbons (Fsp3) is 0.571. The summed E-state index contributed by atoms with van der Waals surface area (Å²) >= 11 is 0. The number of hydrazone groups is 1. The number of hydrogen-bond acceptors (Lipinski definition) is 4. The van der Waals surface area contributed by atoms with Crippen LogP contribution in [0.1, 0.15) is 76.7 Å². The smallest absolute Gasteiger partial charge is 0.259 e. The van der Waals surface area contributed by atoms with Gasteiger partial charge in [0, 0.05) is 6.42 Å². The molecule has 0 radical (unpaired) electrons. The van der Waals surface area contributed by atoms with Gasteiger partial charge < -0.3 is 10.4 Å². The topological polar surface area (TPSA) is 90.8 Å². The minimum absolute atomic E-state index is 0.0802. The van der Waals surface area contributed by atoms with E-state index >= 15 is 0 Å². The number of nitrogens with one attached hydrogen (secondary N) is 2. The first kappa shape index (κ1) is 22.7. The van der Waals surface area contributed by atoms with Crippen molar-refractivity contribution in [3.05, 3.63) is 29.8 Å². The Morgan fingerprint density at radius 2 is 1.52 bits per heavy atom. The molecule has 6 heteroatoms. The second-order valence-electron chi connectivity index (χ2n) is 6.74. The van der Waals surface area contributed by atoms with Crippen molar-refractivity contribution in [1.29, 1.82) is 0 Å². The maximum atomic E-state index is 11.7. The van der Waals surface area contributed by atoms with Gasteiger partial charge in [0.15, 0.2) is 0 Å². The van der Waals surface area contributed by atoms with Gasteiger partial charge in [0.25, 0.3) is 5.91 Å². The van der Waals surface area contributed by atoms with Crippen molar-refractivity contribution in [3.8, 4) is 5.75 Å². The van der Waals surface area contributed by atoms with Crippen LogP contribution in [0, 0.1) is 0 Å². The lowest BCUT2D eigenvalue weighted by atomic mass is 10.1. The molecule has 1 rings (SSSR count). The second kappa shape index (κ2) is 14.8. The van der Waals surface area contributed by atoms with E-state index in [1.807, 2.05) is 0 Å². The second-order valence-corrected chi connectivity index (χ2v) is 6.74. The Balaban J connectivity index is 2.00. The Hall–Kier alpha value is -2.37. The summed E-state index contributed by atoms with van der Waals surface area (Å²) in [6.07, 6.45) is 12.8. The first-order valence-electron chi connectivity index (χ1n) is 9.99. The van der Waals surface area contributed by atoms with Crippen LogP contribution in [0.4, 0.5) is 0 Å². The van der Waals surface area contributed by atoms with Crippen LogP contribution in [0.15, 0.2) is 29.4 Å². The average Bonchev–Trinajstić information content (AvgIpc) is 2.66. The molecule has 0 aromatic heterocycles. The van der Waals surface area contributed by atoms with Crippen molar-refractivity contribution in [1.82, 2.24) is 10.7 Å². The van der Waals surface area contributed by atoms with Crippen LogP contribution < -0.4 is 10.7 Å². The molecule has 0 heterocycles. The van der Waals surface area contributed by atoms with Gasteiger partial charge in [-0.1, -0.05) is 58.3 Å². The molecule has 0 fully saturated rings. The Kier molecular flexibility index (Phi) is 12.4. The molecule has 0 bridgehead atoms. The predicted molar refractivity (Wildman–Crippen MR) is 109 cm³/mol. The van der Waals surface area contributed by atoms with Gasteiger partial charge in [0.2, 0.25) is 5.91 Å². The number of amides is 2. The summed E-state index contributed by atoms with van der Waals surface area (Å²) in [5, 5.41) is 15.6. The van der Waals surface area contributed by atoms with Gasteiger partial charge >= 0.3 is 0 Å². The summed E-state index contributed by atoms with van der Waals surface area (Å²) in [4.78, 5) is 23.4. The van der Waals surface area contributed by atoms with E-state index in [9.17, 15) is 14.7 Å². The summed E-state index contributed by atoms with van der Waals surface area (Å²) in [7, 11) is 0. The van der Waals surface area contributed by atoms with Gasteiger partial charge in [-0.2, -0.15) is 5.10 Å². The molecule has 0 aliphatic carbocycles.